The van der Waals surface area contributed by atoms with Crippen molar-refractivity contribution in [2.24, 2.45) is 5.92 Å². The van der Waals surface area contributed by atoms with Crippen molar-refractivity contribution in [1.29, 1.82) is 0 Å². The number of nitrogens with zero attached hydrogens (tertiary/aromatic N) is 1. The quantitative estimate of drug-likeness (QED) is 0.701. The van der Waals surface area contributed by atoms with Gasteiger partial charge in [0.05, 0.1) is 0 Å². The van der Waals surface area contributed by atoms with Gasteiger partial charge in [0.2, 0.25) is 0 Å². The van der Waals surface area contributed by atoms with Crippen LogP contribution in [0.3, 0.4) is 0 Å². The van der Waals surface area contributed by atoms with E-state index in [1.54, 1.807) is 15.8 Å². The first-order valence-electron chi connectivity index (χ1n) is 5.85. The number of hydrogen-bond acceptors (Lipinski definition) is 3. The van der Waals surface area contributed by atoms with Crippen molar-refractivity contribution in [3.05, 3.63) is 15.9 Å². The third kappa shape index (κ3) is 3.17. The maximum Gasteiger partial charge on any atom is 0.253 e. The van der Waals surface area contributed by atoms with Gasteiger partial charge in [-0.2, -0.15) is 4.31 Å². The molecule has 0 N–H and O–H groups in total. The summed E-state index contributed by atoms with van der Waals surface area (Å²) < 4.78 is 27.8. The Morgan fingerprint density at radius 2 is 2.28 bits per heavy atom. The lowest BCUT2D eigenvalue weighted by molar-refractivity contribution is 0.263. The predicted octanol–water partition coefficient (Wildman–Crippen LogP) is 3.70. The molecule has 1 saturated heterocycles. The summed E-state index contributed by atoms with van der Waals surface area (Å²) in [5.74, 6) is 0.478. The molecule has 1 aliphatic heterocycles. The molecule has 2 rings (SSSR count). The van der Waals surface area contributed by atoms with Gasteiger partial charge in [-0.05, 0) is 52.6 Å². The average Bonchev–Trinajstić information content (AvgIpc) is 2.77. The lowest BCUT2D eigenvalue weighted by Crippen LogP contribution is -2.39. The summed E-state index contributed by atoms with van der Waals surface area (Å²) in [5, 5.41) is 2.74. The normalized spacial score (nSPS) is 22.2. The molecule has 1 atom stereocenters. The van der Waals surface area contributed by atoms with Crippen LogP contribution in [0.25, 0.3) is 0 Å². The third-order valence-electron chi connectivity index (χ3n) is 3.16. The highest BCUT2D eigenvalue weighted by atomic mass is 79.9. The Hall–Kier alpha value is 0.570. The van der Waals surface area contributed by atoms with Crippen LogP contribution in [0.15, 0.2) is 20.1 Å². The van der Waals surface area contributed by atoms with Gasteiger partial charge in [0.15, 0.2) is 0 Å². The minimum Gasteiger partial charge on any atom is -0.206 e. The maximum atomic E-state index is 12.5. The van der Waals surface area contributed by atoms with E-state index < -0.39 is 10.0 Å². The summed E-state index contributed by atoms with van der Waals surface area (Å²) in [6, 6.07) is 1.79. The minimum absolute atomic E-state index is 0.432. The number of sulfonamides is 1. The molecule has 1 unspecified atom stereocenters. The first kappa shape index (κ1) is 15.0. The largest absolute Gasteiger partial charge is 0.253 e. The highest BCUT2D eigenvalue weighted by Gasteiger charge is 2.31. The Morgan fingerprint density at radius 1 is 1.50 bits per heavy atom. The van der Waals surface area contributed by atoms with E-state index in [1.165, 1.54) is 11.3 Å². The molecule has 0 bridgehead atoms. The van der Waals surface area contributed by atoms with E-state index in [2.05, 4.69) is 31.9 Å². The number of alkyl halides is 1. The summed E-state index contributed by atoms with van der Waals surface area (Å²) in [4.78, 5) is 0. The van der Waals surface area contributed by atoms with Gasteiger partial charge in [0.1, 0.15) is 4.21 Å². The number of halogens is 2. The summed E-state index contributed by atoms with van der Waals surface area (Å²) >= 11 is 8.02. The van der Waals surface area contributed by atoms with Gasteiger partial charge < -0.3 is 0 Å². The molecule has 1 aromatic heterocycles. The molecule has 1 aliphatic rings. The first-order valence-corrected chi connectivity index (χ1v) is 10.1. The van der Waals surface area contributed by atoms with Crippen LogP contribution in [0.2, 0.25) is 0 Å². The molecule has 0 saturated carbocycles. The van der Waals surface area contributed by atoms with Gasteiger partial charge >= 0.3 is 0 Å². The monoisotopic (exact) mass is 415 g/mol. The molecule has 0 radical (unpaired) electrons. The SMILES string of the molecule is O=S(=O)(c1sccc1Br)N1CCCC(CCBr)C1. The van der Waals surface area contributed by atoms with E-state index in [1.807, 2.05) is 0 Å². The Kier molecular flexibility index (Phi) is 5.28. The van der Waals surface area contributed by atoms with Gasteiger partial charge in [-0.15, -0.1) is 11.3 Å². The molecule has 0 aliphatic carbocycles. The average molecular weight is 417 g/mol. The van der Waals surface area contributed by atoms with Crippen molar-refractivity contribution in [3.8, 4) is 0 Å². The van der Waals surface area contributed by atoms with Gasteiger partial charge in [-0.3, -0.25) is 0 Å². The van der Waals surface area contributed by atoms with Crippen LogP contribution >= 0.6 is 43.2 Å². The molecule has 102 valence electrons. The van der Waals surface area contributed by atoms with E-state index >= 15 is 0 Å². The highest BCUT2D eigenvalue weighted by Crippen LogP contribution is 2.33. The zero-order valence-electron chi connectivity index (χ0n) is 9.81. The van der Waals surface area contributed by atoms with E-state index in [-0.39, 0.29) is 0 Å². The van der Waals surface area contributed by atoms with Crippen LogP contribution in [-0.4, -0.2) is 31.1 Å². The van der Waals surface area contributed by atoms with Gasteiger partial charge in [-0.1, -0.05) is 15.9 Å². The molecular weight excluding hydrogens is 402 g/mol. The molecule has 18 heavy (non-hydrogen) atoms. The van der Waals surface area contributed by atoms with Crippen LogP contribution < -0.4 is 0 Å². The number of thiophene rings is 1. The second-order valence-corrected chi connectivity index (χ2v) is 9.10. The molecule has 0 aromatic carbocycles. The van der Waals surface area contributed by atoms with Crippen LogP contribution in [0, 0.1) is 5.92 Å². The molecule has 0 spiro atoms. The second-order valence-electron chi connectivity index (χ2n) is 4.40. The third-order valence-corrected chi connectivity index (χ3v) is 8.13. The van der Waals surface area contributed by atoms with E-state index in [9.17, 15) is 8.42 Å². The molecule has 3 nitrogen and oxygen atoms in total. The molecule has 7 heteroatoms. The van der Waals surface area contributed by atoms with Crippen molar-refractivity contribution in [2.75, 3.05) is 18.4 Å². The highest BCUT2D eigenvalue weighted by molar-refractivity contribution is 9.10. The first-order chi connectivity index (χ1) is 8.55. The topological polar surface area (TPSA) is 37.4 Å². The zero-order chi connectivity index (χ0) is 13.2. The van der Waals surface area contributed by atoms with Crippen LogP contribution in [0.4, 0.5) is 0 Å². The van der Waals surface area contributed by atoms with Crippen LogP contribution in [0.5, 0.6) is 0 Å². The summed E-state index contributed by atoms with van der Waals surface area (Å²) in [6.07, 6.45) is 3.13. The fourth-order valence-corrected chi connectivity index (χ4v) is 6.87. The van der Waals surface area contributed by atoms with Crippen LogP contribution in [-0.2, 0) is 10.0 Å². The summed E-state index contributed by atoms with van der Waals surface area (Å²) in [5.41, 5.74) is 0. The van der Waals surface area contributed by atoms with Gasteiger partial charge in [0.25, 0.3) is 10.0 Å². The maximum absolute atomic E-state index is 12.5. The van der Waals surface area contributed by atoms with Crippen molar-refractivity contribution in [1.82, 2.24) is 4.31 Å². The smallest absolute Gasteiger partial charge is 0.206 e. The van der Waals surface area contributed by atoms with Crippen molar-refractivity contribution < 1.29 is 8.42 Å². The standard InChI is InChI=1S/C11H15Br2NO2S2/c12-5-3-9-2-1-6-14(8-9)18(15,16)11-10(13)4-7-17-11/h4,7,9H,1-3,5-6,8H2. The van der Waals surface area contributed by atoms with E-state index in [4.69, 9.17) is 0 Å². The summed E-state index contributed by atoms with van der Waals surface area (Å²) in [7, 11) is -3.31. The van der Waals surface area contributed by atoms with Crippen molar-refractivity contribution in [2.45, 2.75) is 23.5 Å². The van der Waals surface area contributed by atoms with Gasteiger partial charge in [0, 0.05) is 22.9 Å². The lowest BCUT2D eigenvalue weighted by Gasteiger charge is -2.31. The van der Waals surface area contributed by atoms with Crippen molar-refractivity contribution >= 4 is 53.2 Å². The molecule has 1 fully saturated rings. The summed E-state index contributed by atoms with van der Waals surface area (Å²) in [6.45, 7) is 1.30. The molecule has 0 amide bonds. The Balaban J connectivity index is 2.18. The Morgan fingerprint density at radius 3 is 2.89 bits per heavy atom. The van der Waals surface area contributed by atoms with Crippen molar-refractivity contribution in [3.63, 3.8) is 0 Å². The number of piperidine rings is 1. The molecular formula is C11H15Br2NO2S2. The molecule has 2 heterocycles. The van der Waals surface area contributed by atoms with Crippen LogP contribution in [0.1, 0.15) is 19.3 Å². The van der Waals surface area contributed by atoms with Gasteiger partial charge in [-0.25, -0.2) is 8.42 Å². The van der Waals surface area contributed by atoms with E-state index in [0.29, 0.717) is 27.7 Å². The fourth-order valence-electron chi connectivity index (χ4n) is 2.22. The predicted molar refractivity (Wildman–Crippen MR) is 81.9 cm³/mol. The number of hydrogen-bond donors (Lipinski definition) is 0. The Labute approximate surface area is 129 Å². The number of rotatable bonds is 4. The Bertz CT molecular complexity index is 499. The second kappa shape index (κ2) is 6.35. The minimum atomic E-state index is -3.31. The van der Waals surface area contributed by atoms with E-state index in [0.717, 1.165) is 24.6 Å². The molecule has 1 aromatic rings. The fraction of sp³-hybridized carbons (Fsp3) is 0.636. The zero-order valence-corrected chi connectivity index (χ0v) is 14.6. The lowest BCUT2D eigenvalue weighted by atomic mass is 9.97.